The third-order valence-corrected chi connectivity index (χ3v) is 4.39. The molecule has 1 spiro atoms. The molecular weight excluding hydrogens is 256 g/mol. The maximum absolute atomic E-state index is 12.2. The van der Waals surface area contributed by atoms with Gasteiger partial charge in [0.1, 0.15) is 6.61 Å². The lowest BCUT2D eigenvalue weighted by Crippen LogP contribution is -2.63. The molecule has 0 aromatic heterocycles. The molecule has 0 aromatic carbocycles. The summed E-state index contributed by atoms with van der Waals surface area (Å²) in [6.45, 7) is 5.85. The Morgan fingerprint density at radius 2 is 2.20 bits per heavy atom. The second-order valence-corrected chi connectivity index (χ2v) is 5.72. The number of amides is 2. The summed E-state index contributed by atoms with van der Waals surface area (Å²) in [7, 11) is 1.53. The third kappa shape index (κ3) is 2.87. The molecule has 0 saturated carbocycles. The minimum atomic E-state index is -0.189. The number of likely N-dealkylation sites (tertiary alicyclic amines) is 2. The fraction of sp³-hybridized carbons (Fsp3) is 0.733. The molecule has 0 bridgehead atoms. The van der Waals surface area contributed by atoms with Crippen LogP contribution in [0.25, 0.3) is 0 Å². The number of carbonyl (C=O) groups is 2. The first-order chi connectivity index (χ1) is 9.63. The molecule has 2 heterocycles. The highest BCUT2D eigenvalue weighted by Crippen LogP contribution is 2.36. The van der Waals surface area contributed by atoms with Crippen LogP contribution in [0.4, 0.5) is 0 Å². The van der Waals surface area contributed by atoms with Crippen LogP contribution < -0.4 is 0 Å². The molecule has 0 radical (unpaired) electrons. The fourth-order valence-electron chi connectivity index (χ4n) is 3.49. The van der Waals surface area contributed by atoms with Gasteiger partial charge in [0.05, 0.1) is 5.54 Å². The molecule has 2 amide bonds. The van der Waals surface area contributed by atoms with Crippen LogP contribution in [0.5, 0.6) is 0 Å². The molecule has 5 heteroatoms. The Hall–Kier alpha value is -1.36. The van der Waals surface area contributed by atoms with E-state index in [-0.39, 0.29) is 24.0 Å². The number of hydrogen-bond donors (Lipinski definition) is 0. The first-order valence-corrected chi connectivity index (χ1v) is 7.31. The molecule has 112 valence electrons. The number of nitrogens with zero attached hydrogens (tertiary/aromatic N) is 2. The van der Waals surface area contributed by atoms with Gasteiger partial charge in [-0.1, -0.05) is 6.08 Å². The minimum Gasteiger partial charge on any atom is -0.375 e. The molecular formula is C15H24N2O3. The molecule has 1 atom stereocenters. The number of hydrogen-bond acceptors (Lipinski definition) is 3. The smallest absolute Gasteiger partial charge is 0.248 e. The van der Waals surface area contributed by atoms with Crippen molar-refractivity contribution in [1.29, 1.82) is 0 Å². The third-order valence-electron chi connectivity index (χ3n) is 4.39. The monoisotopic (exact) mass is 280 g/mol. The Labute approximate surface area is 120 Å². The van der Waals surface area contributed by atoms with Crippen LogP contribution in [0, 0.1) is 0 Å². The van der Waals surface area contributed by atoms with Gasteiger partial charge in [-0.25, -0.2) is 0 Å². The fourth-order valence-corrected chi connectivity index (χ4v) is 3.49. The largest absolute Gasteiger partial charge is 0.375 e. The van der Waals surface area contributed by atoms with E-state index in [1.807, 2.05) is 9.80 Å². The zero-order valence-electron chi connectivity index (χ0n) is 12.3. The summed E-state index contributed by atoms with van der Waals surface area (Å²) in [5.74, 6) is 0.209. The Morgan fingerprint density at radius 1 is 1.45 bits per heavy atom. The molecule has 0 N–H and O–H groups in total. The normalized spacial score (nSPS) is 26.9. The first-order valence-electron chi connectivity index (χ1n) is 7.31. The predicted molar refractivity (Wildman–Crippen MR) is 76.2 cm³/mol. The molecule has 0 aromatic rings. The average Bonchev–Trinajstić information content (AvgIpc) is 2.44. The maximum atomic E-state index is 12.2. The van der Waals surface area contributed by atoms with Crippen LogP contribution >= 0.6 is 0 Å². The Balaban J connectivity index is 2.16. The quantitative estimate of drug-likeness (QED) is 0.727. The van der Waals surface area contributed by atoms with Crippen molar-refractivity contribution in [2.75, 3.05) is 33.4 Å². The molecule has 2 rings (SSSR count). The van der Waals surface area contributed by atoms with E-state index in [0.717, 1.165) is 32.2 Å². The van der Waals surface area contributed by atoms with Crippen molar-refractivity contribution >= 4 is 11.8 Å². The van der Waals surface area contributed by atoms with Gasteiger partial charge < -0.3 is 14.5 Å². The molecule has 2 aliphatic rings. The minimum absolute atomic E-state index is 0.0168. The van der Waals surface area contributed by atoms with Gasteiger partial charge in [-0.15, -0.1) is 6.58 Å². The molecule has 0 aliphatic carbocycles. The second-order valence-electron chi connectivity index (χ2n) is 5.72. The Morgan fingerprint density at radius 3 is 2.90 bits per heavy atom. The van der Waals surface area contributed by atoms with Gasteiger partial charge in [-0.3, -0.25) is 9.59 Å². The van der Waals surface area contributed by atoms with E-state index >= 15 is 0 Å². The van der Waals surface area contributed by atoms with E-state index in [1.54, 1.807) is 6.08 Å². The lowest BCUT2D eigenvalue weighted by atomic mass is 9.79. The number of carbonyl (C=O) groups excluding carboxylic acids is 2. The molecule has 5 nitrogen and oxygen atoms in total. The van der Waals surface area contributed by atoms with Crippen LogP contribution in [0.2, 0.25) is 0 Å². The van der Waals surface area contributed by atoms with Crippen LogP contribution in [-0.2, 0) is 14.3 Å². The highest BCUT2D eigenvalue weighted by atomic mass is 16.5. The van der Waals surface area contributed by atoms with Gasteiger partial charge in [0.15, 0.2) is 0 Å². The Bertz CT molecular complexity index is 393. The topological polar surface area (TPSA) is 49.9 Å². The van der Waals surface area contributed by atoms with E-state index in [1.165, 1.54) is 7.11 Å². The van der Waals surface area contributed by atoms with E-state index in [2.05, 4.69) is 6.58 Å². The summed E-state index contributed by atoms with van der Waals surface area (Å²) in [5, 5.41) is 0. The molecule has 2 aliphatic heterocycles. The van der Waals surface area contributed by atoms with E-state index in [4.69, 9.17) is 4.74 Å². The highest BCUT2D eigenvalue weighted by molar-refractivity contribution is 5.80. The van der Waals surface area contributed by atoms with E-state index < -0.39 is 0 Å². The summed E-state index contributed by atoms with van der Waals surface area (Å²) < 4.78 is 4.94. The summed E-state index contributed by atoms with van der Waals surface area (Å²) in [4.78, 5) is 28.0. The van der Waals surface area contributed by atoms with Crippen molar-refractivity contribution in [3.8, 4) is 0 Å². The summed E-state index contributed by atoms with van der Waals surface area (Å²) >= 11 is 0. The average molecular weight is 280 g/mol. The van der Waals surface area contributed by atoms with Crippen molar-refractivity contribution in [1.82, 2.24) is 9.80 Å². The summed E-state index contributed by atoms with van der Waals surface area (Å²) in [5.41, 5.74) is -0.189. The molecule has 2 fully saturated rings. The number of ether oxygens (including phenoxy) is 1. The van der Waals surface area contributed by atoms with Gasteiger partial charge in [0.2, 0.25) is 11.8 Å². The maximum Gasteiger partial charge on any atom is 0.248 e. The van der Waals surface area contributed by atoms with Crippen molar-refractivity contribution < 1.29 is 14.3 Å². The molecule has 20 heavy (non-hydrogen) atoms. The van der Waals surface area contributed by atoms with Crippen LogP contribution in [0.1, 0.15) is 32.1 Å². The summed E-state index contributed by atoms with van der Waals surface area (Å²) in [6, 6.07) is 0. The van der Waals surface area contributed by atoms with Crippen LogP contribution in [-0.4, -0.2) is 60.5 Å². The van der Waals surface area contributed by atoms with Crippen molar-refractivity contribution in [2.45, 2.75) is 37.6 Å². The zero-order chi connectivity index (χ0) is 14.6. The summed E-state index contributed by atoms with van der Waals surface area (Å²) in [6.07, 6.45) is 6.20. The van der Waals surface area contributed by atoms with Crippen LogP contribution in [0.3, 0.4) is 0 Å². The molecule has 0 unspecified atom stereocenters. The lowest BCUT2D eigenvalue weighted by molar-refractivity contribution is -0.151. The SMILES string of the molecule is C=CCN1C(=O)CCC[C@@]12CCCN(C(=O)COC)C2. The standard InChI is InChI=1S/C15H24N2O3/c1-3-9-17-13(18)6-4-7-15(17)8-5-10-16(12-15)14(19)11-20-2/h3H,1,4-12H2,2H3/t15-/m0/s1. The van der Waals surface area contributed by atoms with Crippen molar-refractivity contribution in [3.05, 3.63) is 12.7 Å². The molecule has 2 saturated heterocycles. The van der Waals surface area contributed by atoms with Gasteiger partial charge in [0, 0.05) is 33.2 Å². The highest BCUT2D eigenvalue weighted by Gasteiger charge is 2.45. The number of piperidine rings is 2. The van der Waals surface area contributed by atoms with E-state index in [9.17, 15) is 9.59 Å². The van der Waals surface area contributed by atoms with E-state index in [0.29, 0.717) is 19.5 Å². The zero-order valence-corrected chi connectivity index (χ0v) is 12.3. The van der Waals surface area contributed by atoms with Gasteiger partial charge in [0.25, 0.3) is 0 Å². The van der Waals surface area contributed by atoms with Gasteiger partial charge in [-0.2, -0.15) is 0 Å². The van der Waals surface area contributed by atoms with Crippen molar-refractivity contribution in [3.63, 3.8) is 0 Å². The Kier molecular flexibility index (Phi) is 4.81. The predicted octanol–water partition coefficient (Wildman–Crippen LogP) is 1.19. The number of rotatable bonds is 4. The van der Waals surface area contributed by atoms with Crippen molar-refractivity contribution in [2.24, 2.45) is 0 Å². The van der Waals surface area contributed by atoms with Crippen LogP contribution in [0.15, 0.2) is 12.7 Å². The number of methoxy groups -OCH3 is 1. The lowest BCUT2D eigenvalue weighted by Gasteiger charge is -2.51. The van der Waals surface area contributed by atoms with Gasteiger partial charge in [-0.05, 0) is 25.7 Å². The second kappa shape index (κ2) is 6.39. The first kappa shape index (κ1) is 15.0. The van der Waals surface area contributed by atoms with Gasteiger partial charge >= 0.3 is 0 Å².